The molecule has 0 spiro atoms. The van der Waals surface area contributed by atoms with Gasteiger partial charge in [-0.05, 0) is 46.6 Å². The number of nitro benzene ring substituents is 1. The minimum Gasteiger partial charge on any atom is -0.455 e. The normalized spacial score (nSPS) is 10.1. The van der Waals surface area contributed by atoms with Crippen molar-refractivity contribution >= 4 is 21.6 Å². The lowest BCUT2D eigenvalue weighted by atomic mass is 10.2. The van der Waals surface area contributed by atoms with Crippen molar-refractivity contribution in [2.24, 2.45) is 0 Å². The van der Waals surface area contributed by atoms with Crippen LogP contribution in [0, 0.1) is 17.0 Å². The van der Waals surface area contributed by atoms with Gasteiger partial charge >= 0.3 is 0 Å². The van der Waals surface area contributed by atoms with Crippen LogP contribution in [0.1, 0.15) is 5.56 Å². The summed E-state index contributed by atoms with van der Waals surface area (Å²) in [5.74, 6) is 1.15. The second-order valence-electron chi connectivity index (χ2n) is 3.63. The molecule has 5 nitrogen and oxygen atoms in total. The van der Waals surface area contributed by atoms with Crippen LogP contribution in [0.5, 0.6) is 11.5 Å². The summed E-state index contributed by atoms with van der Waals surface area (Å²) in [5, 5.41) is 10.6. The van der Waals surface area contributed by atoms with Crippen LogP contribution < -0.4 is 4.74 Å². The predicted octanol–water partition coefficient (Wildman–Crippen LogP) is 3.85. The Balaban J connectivity index is 2.24. The fraction of sp³-hybridized carbons (Fsp3) is 0.0833. The zero-order valence-corrected chi connectivity index (χ0v) is 11.0. The third kappa shape index (κ3) is 2.84. The molecule has 1 heterocycles. The van der Waals surface area contributed by atoms with Crippen LogP contribution in [0.3, 0.4) is 0 Å². The van der Waals surface area contributed by atoms with Gasteiger partial charge in [-0.2, -0.15) is 0 Å². The number of ether oxygens (including phenoxy) is 1. The maximum Gasteiger partial charge on any atom is 0.269 e. The van der Waals surface area contributed by atoms with E-state index in [2.05, 4.69) is 20.9 Å². The van der Waals surface area contributed by atoms with E-state index in [9.17, 15) is 10.1 Å². The molecule has 18 heavy (non-hydrogen) atoms. The minimum absolute atomic E-state index is 0.0498. The highest BCUT2D eigenvalue weighted by atomic mass is 79.9. The van der Waals surface area contributed by atoms with Gasteiger partial charge in [-0.25, -0.2) is 4.98 Å². The summed E-state index contributed by atoms with van der Waals surface area (Å²) >= 11 is 3.23. The fourth-order valence-electron chi connectivity index (χ4n) is 1.41. The molecule has 0 saturated heterocycles. The Morgan fingerprint density at radius 2 is 2.11 bits per heavy atom. The molecular weight excluding hydrogens is 300 g/mol. The fourth-order valence-corrected chi connectivity index (χ4v) is 1.65. The topological polar surface area (TPSA) is 65.3 Å². The van der Waals surface area contributed by atoms with E-state index < -0.39 is 4.92 Å². The Labute approximate surface area is 112 Å². The van der Waals surface area contributed by atoms with E-state index in [4.69, 9.17) is 4.74 Å². The molecule has 0 bridgehead atoms. The summed E-state index contributed by atoms with van der Waals surface area (Å²) in [7, 11) is 0. The SMILES string of the molecule is Cc1cc([N+](=O)[O-])ccc1Oc1ccc(Br)nc1. The Morgan fingerprint density at radius 1 is 1.33 bits per heavy atom. The first-order valence-electron chi connectivity index (χ1n) is 5.11. The van der Waals surface area contributed by atoms with Gasteiger partial charge in [0.05, 0.1) is 11.1 Å². The van der Waals surface area contributed by atoms with Gasteiger partial charge in [-0.3, -0.25) is 10.1 Å². The molecule has 0 atom stereocenters. The van der Waals surface area contributed by atoms with E-state index in [0.29, 0.717) is 17.1 Å². The monoisotopic (exact) mass is 308 g/mol. The molecule has 1 aromatic carbocycles. The molecule has 0 unspecified atom stereocenters. The largest absolute Gasteiger partial charge is 0.455 e. The number of halogens is 1. The number of pyridine rings is 1. The van der Waals surface area contributed by atoms with Crippen molar-refractivity contribution in [2.45, 2.75) is 6.92 Å². The van der Waals surface area contributed by atoms with Crippen molar-refractivity contribution < 1.29 is 9.66 Å². The van der Waals surface area contributed by atoms with Crippen molar-refractivity contribution in [2.75, 3.05) is 0 Å². The zero-order valence-electron chi connectivity index (χ0n) is 9.46. The van der Waals surface area contributed by atoms with Gasteiger partial charge in [0.25, 0.3) is 5.69 Å². The van der Waals surface area contributed by atoms with E-state index in [-0.39, 0.29) is 5.69 Å². The van der Waals surface area contributed by atoms with Gasteiger partial charge in [-0.15, -0.1) is 0 Å². The first kappa shape index (κ1) is 12.5. The number of hydrogen-bond donors (Lipinski definition) is 0. The van der Waals surface area contributed by atoms with Crippen molar-refractivity contribution in [1.29, 1.82) is 0 Å². The van der Waals surface area contributed by atoms with Crippen molar-refractivity contribution in [1.82, 2.24) is 4.98 Å². The van der Waals surface area contributed by atoms with E-state index in [0.717, 1.165) is 4.60 Å². The maximum atomic E-state index is 10.6. The second kappa shape index (κ2) is 5.14. The molecule has 0 aliphatic heterocycles. The molecule has 0 saturated carbocycles. The number of nitro groups is 1. The van der Waals surface area contributed by atoms with Crippen LogP contribution in [0.2, 0.25) is 0 Å². The van der Waals surface area contributed by atoms with Crippen LogP contribution in [0.15, 0.2) is 41.1 Å². The number of aromatic nitrogens is 1. The Morgan fingerprint density at radius 3 is 2.67 bits per heavy atom. The molecule has 6 heteroatoms. The summed E-state index contributed by atoms with van der Waals surface area (Å²) in [6.45, 7) is 1.76. The first-order valence-corrected chi connectivity index (χ1v) is 5.90. The summed E-state index contributed by atoms with van der Waals surface area (Å²) in [5.41, 5.74) is 0.751. The summed E-state index contributed by atoms with van der Waals surface area (Å²) in [6, 6.07) is 7.99. The molecule has 2 rings (SSSR count). The molecular formula is C12H9BrN2O3. The zero-order chi connectivity index (χ0) is 13.1. The predicted molar refractivity (Wildman–Crippen MR) is 69.8 cm³/mol. The highest BCUT2D eigenvalue weighted by molar-refractivity contribution is 9.10. The molecule has 0 aliphatic carbocycles. The van der Waals surface area contributed by atoms with Crippen LogP contribution in [0.25, 0.3) is 0 Å². The van der Waals surface area contributed by atoms with Gasteiger partial charge in [0, 0.05) is 12.1 Å². The number of nitrogens with zero attached hydrogens (tertiary/aromatic N) is 2. The van der Waals surface area contributed by atoms with Crippen LogP contribution >= 0.6 is 15.9 Å². The lowest BCUT2D eigenvalue weighted by Gasteiger charge is -2.07. The van der Waals surface area contributed by atoms with Gasteiger partial charge in [-0.1, -0.05) is 0 Å². The molecule has 92 valence electrons. The third-order valence-electron chi connectivity index (χ3n) is 2.30. The molecule has 0 radical (unpaired) electrons. The van der Waals surface area contributed by atoms with Gasteiger partial charge < -0.3 is 4.74 Å². The quantitative estimate of drug-likeness (QED) is 0.490. The standard InChI is InChI=1S/C12H9BrN2O3/c1-8-6-9(15(16)17)2-4-11(8)18-10-3-5-12(13)14-7-10/h2-7H,1H3. The van der Waals surface area contributed by atoms with E-state index >= 15 is 0 Å². The highest BCUT2D eigenvalue weighted by Crippen LogP contribution is 2.28. The number of non-ortho nitro benzene ring substituents is 1. The molecule has 1 aromatic heterocycles. The molecule has 0 N–H and O–H groups in total. The lowest BCUT2D eigenvalue weighted by molar-refractivity contribution is -0.384. The average Bonchev–Trinajstić information content (AvgIpc) is 2.34. The highest BCUT2D eigenvalue weighted by Gasteiger charge is 2.09. The molecule has 0 amide bonds. The second-order valence-corrected chi connectivity index (χ2v) is 4.44. The van der Waals surface area contributed by atoms with E-state index in [1.807, 2.05) is 0 Å². The summed E-state index contributed by atoms with van der Waals surface area (Å²) in [4.78, 5) is 14.2. The first-order chi connectivity index (χ1) is 8.56. The average molecular weight is 309 g/mol. The Kier molecular flexibility index (Phi) is 3.57. The smallest absolute Gasteiger partial charge is 0.269 e. The van der Waals surface area contributed by atoms with Crippen LogP contribution in [-0.4, -0.2) is 9.91 Å². The van der Waals surface area contributed by atoms with Gasteiger partial charge in [0.2, 0.25) is 0 Å². The van der Waals surface area contributed by atoms with Crippen molar-refractivity contribution in [3.63, 3.8) is 0 Å². The van der Waals surface area contributed by atoms with E-state index in [1.54, 1.807) is 31.3 Å². The van der Waals surface area contributed by atoms with Crippen LogP contribution in [0.4, 0.5) is 5.69 Å². The molecule has 2 aromatic rings. The van der Waals surface area contributed by atoms with Gasteiger partial charge in [0.15, 0.2) is 0 Å². The number of benzene rings is 1. The molecule has 0 aliphatic rings. The Hall–Kier alpha value is -1.95. The number of hydrogen-bond acceptors (Lipinski definition) is 4. The van der Waals surface area contributed by atoms with Gasteiger partial charge in [0.1, 0.15) is 16.1 Å². The number of rotatable bonds is 3. The third-order valence-corrected chi connectivity index (χ3v) is 2.77. The van der Waals surface area contributed by atoms with Crippen LogP contribution in [-0.2, 0) is 0 Å². The Bertz CT molecular complexity index is 584. The van der Waals surface area contributed by atoms with Crippen molar-refractivity contribution in [3.8, 4) is 11.5 Å². The van der Waals surface area contributed by atoms with Crippen molar-refractivity contribution in [3.05, 3.63) is 56.8 Å². The maximum absolute atomic E-state index is 10.6. The minimum atomic E-state index is -0.433. The lowest BCUT2D eigenvalue weighted by Crippen LogP contribution is -1.92. The summed E-state index contributed by atoms with van der Waals surface area (Å²) in [6.07, 6.45) is 1.57. The number of aryl methyl sites for hydroxylation is 1. The van der Waals surface area contributed by atoms with E-state index in [1.165, 1.54) is 12.1 Å². The summed E-state index contributed by atoms with van der Waals surface area (Å²) < 4.78 is 6.31. The molecule has 0 fully saturated rings.